The lowest BCUT2D eigenvalue weighted by Gasteiger charge is -2.32. The number of nitrogens with zero attached hydrogens (tertiary/aromatic N) is 1. The molecule has 1 aliphatic rings. The number of likely N-dealkylation sites (tertiary alicyclic amines) is 1. The lowest BCUT2D eigenvalue weighted by Crippen LogP contribution is -2.35. The number of aromatic hydroxyl groups is 1. The maximum Gasteiger partial charge on any atom is 0.163 e. The minimum Gasteiger partial charge on any atom is -0.504 e. The van der Waals surface area contributed by atoms with Gasteiger partial charge in [0.1, 0.15) is 5.82 Å². The second-order valence-corrected chi connectivity index (χ2v) is 6.62. The second-order valence-electron chi connectivity index (χ2n) is 6.62. The van der Waals surface area contributed by atoms with Crippen LogP contribution >= 0.6 is 0 Å². The lowest BCUT2D eigenvalue weighted by molar-refractivity contribution is 0.200. The Morgan fingerprint density at radius 1 is 1.16 bits per heavy atom. The highest BCUT2D eigenvalue weighted by Crippen LogP contribution is 2.34. The van der Waals surface area contributed by atoms with Gasteiger partial charge in [0.15, 0.2) is 11.5 Å². The predicted molar refractivity (Wildman–Crippen MR) is 97.3 cm³/mol. The number of hydrogen-bond donors (Lipinski definition) is 1. The summed E-state index contributed by atoms with van der Waals surface area (Å²) in [5.74, 6) is 1.06. The maximum absolute atomic E-state index is 12.9. The summed E-state index contributed by atoms with van der Waals surface area (Å²) in [5.41, 5.74) is 2.15. The summed E-state index contributed by atoms with van der Waals surface area (Å²) in [7, 11) is 1.59. The van der Waals surface area contributed by atoms with E-state index < -0.39 is 0 Å². The van der Waals surface area contributed by atoms with Crippen LogP contribution in [0.3, 0.4) is 0 Å². The summed E-state index contributed by atoms with van der Waals surface area (Å²) in [4.78, 5) is 2.47. The van der Waals surface area contributed by atoms with Crippen LogP contribution in [0.2, 0.25) is 0 Å². The number of phenols is 1. The number of benzene rings is 2. The summed E-state index contributed by atoms with van der Waals surface area (Å²) in [5, 5.41) is 9.88. The van der Waals surface area contributed by atoms with Gasteiger partial charge in [-0.1, -0.05) is 24.3 Å². The fraction of sp³-hybridized carbons (Fsp3) is 0.381. The Morgan fingerprint density at radius 3 is 2.56 bits per heavy atom. The topological polar surface area (TPSA) is 32.7 Å². The summed E-state index contributed by atoms with van der Waals surface area (Å²) in [6.45, 7) is 3.13. The van der Waals surface area contributed by atoms with Gasteiger partial charge in [-0.05, 0) is 68.5 Å². The van der Waals surface area contributed by atoms with Crippen LogP contribution in [0, 0.1) is 18.2 Å². The standard InChI is InChI=1S/C21H25FNO2/c1-25-21-18(3-2-4-20(21)24)15-17-10-13-23(14-11-17)12-9-16-5-7-19(22)8-6-16/h2-8,15,17,24H,9-14H2,1H3. The molecule has 0 bridgehead atoms. The molecule has 0 aliphatic carbocycles. The molecule has 0 unspecified atom stereocenters. The fourth-order valence-corrected chi connectivity index (χ4v) is 3.43. The van der Waals surface area contributed by atoms with Crippen LogP contribution in [0.4, 0.5) is 4.39 Å². The number of para-hydroxylation sites is 1. The highest BCUT2D eigenvalue weighted by molar-refractivity contribution is 5.49. The van der Waals surface area contributed by atoms with E-state index in [1.165, 1.54) is 17.7 Å². The molecule has 3 rings (SSSR count). The summed E-state index contributed by atoms with van der Waals surface area (Å²) in [6, 6.07) is 12.3. The zero-order valence-corrected chi connectivity index (χ0v) is 14.6. The molecule has 1 heterocycles. The average Bonchev–Trinajstić information content (AvgIpc) is 2.63. The molecule has 0 saturated carbocycles. The van der Waals surface area contributed by atoms with Gasteiger partial charge in [-0.3, -0.25) is 0 Å². The molecule has 4 heteroatoms. The van der Waals surface area contributed by atoms with E-state index in [1.54, 1.807) is 13.2 Å². The number of hydrogen-bond acceptors (Lipinski definition) is 3. The molecule has 0 atom stereocenters. The number of ether oxygens (including phenoxy) is 1. The summed E-state index contributed by atoms with van der Waals surface area (Å²) in [6.07, 6.45) is 5.37. The Morgan fingerprint density at radius 2 is 1.88 bits per heavy atom. The molecule has 0 amide bonds. The first-order valence-electron chi connectivity index (χ1n) is 8.83. The van der Waals surface area contributed by atoms with Crippen molar-refractivity contribution in [3.63, 3.8) is 0 Å². The maximum atomic E-state index is 12.9. The second kappa shape index (κ2) is 8.34. The average molecular weight is 342 g/mol. The van der Waals surface area contributed by atoms with Crippen molar-refractivity contribution in [1.82, 2.24) is 4.90 Å². The van der Waals surface area contributed by atoms with E-state index >= 15 is 0 Å². The molecular weight excluding hydrogens is 317 g/mol. The third kappa shape index (κ3) is 4.73. The lowest BCUT2D eigenvalue weighted by atomic mass is 9.89. The highest BCUT2D eigenvalue weighted by atomic mass is 19.1. The Balaban J connectivity index is 1.47. The smallest absolute Gasteiger partial charge is 0.163 e. The molecule has 133 valence electrons. The van der Waals surface area contributed by atoms with E-state index in [2.05, 4.69) is 11.3 Å². The van der Waals surface area contributed by atoms with E-state index in [-0.39, 0.29) is 11.6 Å². The molecule has 1 radical (unpaired) electrons. The third-order valence-electron chi connectivity index (χ3n) is 4.91. The number of halogens is 1. The van der Waals surface area contributed by atoms with Gasteiger partial charge in [0.05, 0.1) is 7.11 Å². The van der Waals surface area contributed by atoms with Crippen LogP contribution in [0.25, 0.3) is 0 Å². The largest absolute Gasteiger partial charge is 0.504 e. The van der Waals surface area contributed by atoms with Crippen molar-refractivity contribution in [1.29, 1.82) is 0 Å². The molecule has 2 aromatic rings. The molecule has 1 N–H and O–H groups in total. The first kappa shape index (κ1) is 17.7. The quantitative estimate of drug-likeness (QED) is 0.860. The highest BCUT2D eigenvalue weighted by Gasteiger charge is 2.21. The Kier molecular flexibility index (Phi) is 5.92. The van der Waals surface area contributed by atoms with E-state index in [4.69, 9.17) is 4.74 Å². The van der Waals surface area contributed by atoms with Crippen LogP contribution in [-0.2, 0) is 6.42 Å². The summed E-state index contributed by atoms with van der Waals surface area (Å²) < 4.78 is 18.3. The number of methoxy groups -OCH3 is 1. The first-order chi connectivity index (χ1) is 12.2. The van der Waals surface area contributed by atoms with Crippen molar-refractivity contribution in [2.75, 3.05) is 26.7 Å². The van der Waals surface area contributed by atoms with Crippen molar-refractivity contribution in [2.45, 2.75) is 19.3 Å². The van der Waals surface area contributed by atoms with Gasteiger partial charge < -0.3 is 14.7 Å². The van der Waals surface area contributed by atoms with Crippen molar-refractivity contribution in [2.24, 2.45) is 5.92 Å². The van der Waals surface area contributed by atoms with Crippen LogP contribution < -0.4 is 4.74 Å². The van der Waals surface area contributed by atoms with Crippen molar-refractivity contribution in [3.8, 4) is 11.5 Å². The molecule has 1 fully saturated rings. The van der Waals surface area contributed by atoms with Crippen LogP contribution in [0.5, 0.6) is 11.5 Å². The molecule has 25 heavy (non-hydrogen) atoms. The molecule has 3 nitrogen and oxygen atoms in total. The van der Waals surface area contributed by atoms with Crippen molar-refractivity contribution < 1.29 is 14.2 Å². The van der Waals surface area contributed by atoms with Crippen molar-refractivity contribution >= 4 is 0 Å². The molecule has 0 aromatic heterocycles. The Labute approximate surface area is 149 Å². The normalized spacial score (nSPS) is 16.1. The number of phenolic OH excluding ortho intramolecular Hbond substituents is 1. The van der Waals surface area contributed by atoms with Gasteiger partial charge in [0, 0.05) is 12.1 Å². The SMILES string of the molecule is COc1c(O)cccc1[CH]C1CCN(CCc2ccc(F)cc2)CC1. The Hall–Kier alpha value is -2.07. The monoisotopic (exact) mass is 342 g/mol. The molecule has 0 spiro atoms. The molecule has 1 saturated heterocycles. The van der Waals surface area contributed by atoms with Gasteiger partial charge in [0.2, 0.25) is 0 Å². The van der Waals surface area contributed by atoms with Gasteiger partial charge in [-0.2, -0.15) is 0 Å². The Bertz CT molecular complexity index is 679. The first-order valence-corrected chi connectivity index (χ1v) is 8.83. The van der Waals surface area contributed by atoms with E-state index in [0.29, 0.717) is 11.7 Å². The van der Waals surface area contributed by atoms with E-state index in [0.717, 1.165) is 44.5 Å². The minimum absolute atomic E-state index is 0.178. The predicted octanol–water partition coefficient (Wildman–Crippen LogP) is 4.05. The number of piperidine rings is 1. The molecular formula is C21H25FNO2. The van der Waals surface area contributed by atoms with Crippen LogP contribution in [-0.4, -0.2) is 36.8 Å². The van der Waals surface area contributed by atoms with Gasteiger partial charge in [-0.15, -0.1) is 0 Å². The van der Waals surface area contributed by atoms with Crippen molar-refractivity contribution in [3.05, 3.63) is 65.8 Å². The zero-order valence-electron chi connectivity index (χ0n) is 14.6. The summed E-state index contributed by atoms with van der Waals surface area (Å²) >= 11 is 0. The van der Waals surface area contributed by atoms with Gasteiger partial charge >= 0.3 is 0 Å². The zero-order chi connectivity index (χ0) is 17.6. The van der Waals surface area contributed by atoms with E-state index in [9.17, 15) is 9.50 Å². The van der Waals surface area contributed by atoms with Crippen LogP contribution in [0.15, 0.2) is 42.5 Å². The molecule has 1 aliphatic heterocycles. The van der Waals surface area contributed by atoms with E-state index in [1.807, 2.05) is 24.3 Å². The minimum atomic E-state index is -0.178. The van der Waals surface area contributed by atoms with Gasteiger partial charge in [-0.25, -0.2) is 4.39 Å². The van der Waals surface area contributed by atoms with Crippen LogP contribution in [0.1, 0.15) is 24.0 Å². The fourth-order valence-electron chi connectivity index (χ4n) is 3.43. The molecule has 2 aromatic carbocycles. The third-order valence-corrected chi connectivity index (χ3v) is 4.91. The number of rotatable bonds is 6. The van der Waals surface area contributed by atoms with Gasteiger partial charge in [0.25, 0.3) is 0 Å².